The van der Waals surface area contributed by atoms with Crippen molar-refractivity contribution in [2.75, 3.05) is 7.05 Å². The van der Waals surface area contributed by atoms with Crippen molar-refractivity contribution >= 4 is 33.2 Å². The summed E-state index contributed by atoms with van der Waals surface area (Å²) in [5, 5.41) is 10.4. The van der Waals surface area contributed by atoms with E-state index in [-0.39, 0.29) is 5.82 Å². The number of guanidine groups is 1. The molecule has 106 valence electrons. The van der Waals surface area contributed by atoms with Crippen LogP contribution in [0.25, 0.3) is 0 Å². The first-order chi connectivity index (χ1) is 9.69. The summed E-state index contributed by atoms with van der Waals surface area (Å²) in [6.07, 6.45) is 0. The van der Waals surface area contributed by atoms with Crippen LogP contribution in [-0.4, -0.2) is 13.0 Å². The Morgan fingerprint density at radius 1 is 1.30 bits per heavy atom. The molecule has 2 aromatic rings. The molecule has 0 aliphatic heterocycles. The van der Waals surface area contributed by atoms with Crippen molar-refractivity contribution in [3.8, 4) is 0 Å². The van der Waals surface area contributed by atoms with Gasteiger partial charge in [0.25, 0.3) is 0 Å². The van der Waals surface area contributed by atoms with Gasteiger partial charge in [0, 0.05) is 30.2 Å². The molecule has 0 aliphatic rings. The third kappa shape index (κ3) is 4.31. The van der Waals surface area contributed by atoms with E-state index in [0.29, 0.717) is 24.6 Å². The number of halogens is 2. The summed E-state index contributed by atoms with van der Waals surface area (Å²) in [4.78, 5) is 4.12. The molecule has 2 rings (SSSR count). The van der Waals surface area contributed by atoms with Gasteiger partial charge in [0.15, 0.2) is 5.96 Å². The molecule has 3 nitrogen and oxygen atoms in total. The van der Waals surface area contributed by atoms with Gasteiger partial charge in [-0.15, -0.1) is 0 Å². The molecule has 20 heavy (non-hydrogen) atoms. The summed E-state index contributed by atoms with van der Waals surface area (Å²) >= 11 is 5.00. The van der Waals surface area contributed by atoms with Gasteiger partial charge in [-0.2, -0.15) is 11.3 Å². The van der Waals surface area contributed by atoms with Gasteiger partial charge in [-0.1, -0.05) is 15.9 Å². The third-order valence-electron chi connectivity index (χ3n) is 2.72. The number of hydrogen-bond donors (Lipinski definition) is 2. The number of benzene rings is 1. The second-order valence-corrected chi connectivity index (χ2v) is 5.84. The third-order valence-corrected chi connectivity index (χ3v) is 3.94. The highest BCUT2D eigenvalue weighted by Crippen LogP contribution is 2.15. The van der Waals surface area contributed by atoms with Crippen molar-refractivity contribution in [1.29, 1.82) is 0 Å². The molecule has 1 aromatic heterocycles. The second kappa shape index (κ2) is 7.40. The topological polar surface area (TPSA) is 36.4 Å². The molecule has 0 bridgehead atoms. The average molecular weight is 356 g/mol. The molecule has 0 saturated heterocycles. The summed E-state index contributed by atoms with van der Waals surface area (Å²) in [6, 6.07) is 6.94. The lowest BCUT2D eigenvalue weighted by Gasteiger charge is -2.12. The number of hydrogen-bond acceptors (Lipinski definition) is 2. The minimum atomic E-state index is -0.228. The van der Waals surface area contributed by atoms with Crippen molar-refractivity contribution in [2.24, 2.45) is 4.99 Å². The van der Waals surface area contributed by atoms with Crippen LogP contribution in [0.5, 0.6) is 0 Å². The molecule has 0 saturated carbocycles. The molecular formula is C14H15BrFN3S. The van der Waals surface area contributed by atoms with E-state index < -0.39 is 0 Å². The maximum atomic E-state index is 13.6. The van der Waals surface area contributed by atoms with E-state index in [1.165, 1.54) is 11.6 Å². The summed E-state index contributed by atoms with van der Waals surface area (Å²) in [7, 11) is 1.69. The fourth-order valence-corrected chi connectivity index (χ4v) is 2.73. The van der Waals surface area contributed by atoms with Crippen LogP contribution < -0.4 is 10.6 Å². The minimum Gasteiger partial charge on any atom is -0.352 e. The van der Waals surface area contributed by atoms with E-state index >= 15 is 0 Å². The molecule has 1 aromatic carbocycles. The highest BCUT2D eigenvalue weighted by atomic mass is 79.9. The molecule has 6 heteroatoms. The number of aliphatic imine (C=N–C) groups is 1. The van der Waals surface area contributed by atoms with Crippen molar-refractivity contribution in [1.82, 2.24) is 10.6 Å². The summed E-state index contributed by atoms with van der Waals surface area (Å²) in [5.41, 5.74) is 1.80. The van der Waals surface area contributed by atoms with Crippen LogP contribution >= 0.6 is 27.3 Å². The fourth-order valence-electron chi connectivity index (χ4n) is 1.66. The molecule has 0 atom stereocenters. The Hall–Kier alpha value is -1.40. The zero-order chi connectivity index (χ0) is 14.4. The lowest BCUT2D eigenvalue weighted by molar-refractivity contribution is 0.604. The van der Waals surface area contributed by atoms with Crippen LogP contribution in [-0.2, 0) is 13.1 Å². The molecule has 0 unspecified atom stereocenters. The Bertz CT molecular complexity index is 584. The highest BCUT2D eigenvalue weighted by Gasteiger charge is 2.04. The maximum Gasteiger partial charge on any atom is 0.191 e. The normalized spacial score (nSPS) is 11.4. The van der Waals surface area contributed by atoms with Crippen LogP contribution in [0, 0.1) is 5.82 Å². The first-order valence-electron chi connectivity index (χ1n) is 6.08. The van der Waals surface area contributed by atoms with E-state index in [1.54, 1.807) is 30.5 Å². The Kier molecular flexibility index (Phi) is 5.55. The van der Waals surface area contributed by atoms with E-state index in [0.717, 1.165) is 4.47 Å². The monoisotopic (exact) mass is 355 g/mol. The molecule has 0 radical (unpaired) electrons. The molecule has 1 heterocycles. The van der Waals surface area contributed by atoms with E-state index in [9.17, 15) is 4.39 Å². The summed E-state index contributed by atoms with van der Waals surface area (Å²) in [6.45, 7) is 1.08. The van der Waals surface area contributed by atoms with E-state index in [2.05, 4.69) is 43.0 Å². The van der Waals surface area contributed by atoms with Crippen LogP contribution in [0.15, 0.2) is 44.5 Å². The van der Waals surface area contributed by atoms with Gasteiger partial charge in [-0.3, -0.25) is 4.99 Å². The van der Waals surface area contributed by atoms with Crippen molar-refractivity contribution in [3.63, 3.8) is 0 Å². The van der Waals surface area contributed by atoms with Crippen molar-refractivity contribution in [2.45, 2.75) is 13.1 Å². The van der Waals surface area contributed by atoms with Crippen LogP contribution in [0.4, 0.5) is 4.39 Å². The van der Waals surface area contributed by atoms with Crippen molar-refractivity contribution in [3.05, 3.63) is 56.4 Å². The SMILES string of the molecule is CN=C(NCc1ccsc1)NCc1cc(Br)ccc1F. The number of nitrogens with zero attached hydrogens (tertiary/aromatic N) is 1. The van der Waals surface area contributed by atoms with Gasteiger partial charge in [-0.25, -0.2) is 4.39 Å². The molecule has 0 fully saturated rings. The lowest BCUT2D eigenvalue weighted by Crippen LogP contribution is -2.36. The van der Waals surface area contributed by atoms with Gasteiger partial charge in [0.05, 0.1) is 0 Å². The van der Waals surface area contributed by atoms with Gasteiger partial charge in [-0.05, 0) is 40.6 Å². The van der Waals surface area contributed by atoms with Crippen LogP contribution in [0.2, 0.25) is 0 Å². The second-order valence-electron chi connectivity index (χ2n) is 4.15. The zero-order valence-corrected chi connectivity index (χ0v) is 13.4. The first-order valence-corrected chi connectivity index (χ1v) is 7.82. The Balaban J connectivity index is 1.89. The molecule has 2 N–H and O–H groups in total. The predicted molar refractivity (Wildman–Crippen MR) is 85.5 cm³/mol. The van der Waals surface area contributed by atoms with Crippen LogP contribution in [0.1, 0.15) is 11.1 Å². The molecule has 0 aliphatic carbocycles. The smallest absolute Gasteiger partial charge is 0.191 e. The predicted octanol–water partition coefficient (Wildman–Crippen LogP) is 3.51. The average Bonchev–Trinajstić information content (AvgIpc) is 2.96. The van der Waals surface area contributed by atoms with Crippen LogP contribution in [0.3, 0.4) is 0 Å². The molecule has 0 amide bonds. The number of thiophene rings is 1. The lowest BCUT2D eigenvalue weighted by atomic mass is 10.2. The van der Waals surface area contributed by atoms with Gasteiger partial charge in [0.1, 0.15) is 5.82 Å². The fraction of sp³-hybridized carbons (Fsp3) is 0.214. The molecular weight excluding hydrogens is 341 g/mol. The quantitative estimate of drug-likeness (QED) is 0.650. The van der Waals surface area contributed by atoms with E-state index in [1.807, 2.05) is 5.38 Å². The Morgan fingerprint density at radius 3 is 2.80 bits per heavy atom. The molecule has 0 spiro atoms. The van der Waals surface area contributed by atoms with Gasteiger partial charge >= 0.3 is 0 Å². The number of rotatable bonds is 4. The first kappa shape index (κ1) is 15.0. The summed E-state index contributed by atoms with van der Waals surface area (Å²) in [5.74, 6) is 0.421. The largest absolute Gasteiger partial charge is 0.352 e. The number of nitrogens with one attached hydrogen (secondary N) is 2. The van der Waals surface area contributed by atoms with E-state index in [4.69, 9.17) is 0 Å². The Morgan fingerprint density at radius 2 is 2.10 bits per heavy atom. The zero-order valence-electron chi connectivity index (χ0n) is 11.0. The van der Waals surface area contributed by atoms with Gasteiger partial charge in [0.2, 0.25) is 0 Å². The standard InChI is InChI=1S/C14H15BrFN3S/c1-17-14(18-7-10-4-5-20-9-10)19-8-11-6-12(15)2-3-13(11)16/h2-6,9H,7-8H2,1H3,(H2,17,18,19). The van der Waals surface area contributed by atoms with Crippen molar-refractivity contribution < 1.29 is 4.39 Å². The highest BCUT2D eigenvalue weighted by molar-refractivity contribution is 9.10. The van der Waals surface area contributed by atoms with Gasteiger partial charge < -0.3 is 10.6 Å². The minimum absolute atomic E-state index is 0.228. The maximum absolute atomic E-state index is 13.6. The Labute approximate surface area is 130 Å². The summed E-state index contributed by atoms with van der Waals surface area (Å²) < 4.78 is 14.5.